The lowest BCUT2D eigenvalue weighted by Crippen LogP contribution is -2.28. The van der Waals surface area contributed by atoms with Crippen LogP contribution >= 0.6 is 11.8 Å². The Balaban J connectivity index is 1.60. The second-order valence-electron chi connectivity index (χ2n) is 6.89. The van der Waals surface area contributed by atoms with Crippen LogP contribution in [0.3, 0.4) is 0 Å². The predicted octanol–water partition coefficient (Wildman–Crippen LogP) is 4.70. The van der Waals surface area contributed by atoms with Gasteiger partial charge in [0.15, 0.2) is 11.0 Å². The summed E-state index contributed by atoms with van der Waals surface area (Å²) in [6.07, 6.45) is 0. The molecular weight excluding hydrogens is 425 g/mol. The van der Waals surface area contributed by atoms with Crippen LogP contribution in [0.1, 0.15) is 5.56 Å². The summed E-state index contributed by atoms with van der Waals surface area (Å²) < 4.78 is 15.2. The molecule has 0 aliphatic rings. The number of aromatic nitrogens is 3. The summed E-state index contributed by atoms with van der Waals surface area (Å²) in [5, 5.41) is 18.2. The fraction of sp³-hybridized carbons (Fsp3) is 0.0833. The fourth-order valence-corrected chi connectivity index (χ4v) is 3.98. The third kappa shape index (κ3) is 4.53. The molecule has 0 fully saturated rings. The standard InChI is InChI=1S/C24H18FN5OS/c1-29(21-9-5-6-17(14-21)15-26)22(31)16-32-24-28-27-23(18-10-12-19(25)13-11-18)30(24)20-7-3-2-4-8-20/h2-14H,16H2,1H3. The normalized spacial score (nSPS) is 10.5. The van der Waals surface area contributed by atoms with Crippen molar-refractivity contribution in [3.05, 3.63) is 90.2 Å². The molecule has 0 saturated carbocycles. The van der Waals surface area contributed by atoms with Crippen molar-refractivity contribution in [3.63, 3.8) is 0 Å². The van der Waals surface area contributed by atoms with Gasteiger partial charge in [0.05, 0.1) is 17.4 Å². The van der Waals surface area contributed by atoms with Crippen LogP contribution in [0.15, 0.2) is 84.0 Å². The summed E-state index contributed by atoms with van der Waals surface area (Å²) in [6.45, 7) is 0. The molecule has 1 aromatic heterocycles. The molecule has 0 bridgehead atoms. The Hall–Kier alpha value is -3.96. The number of amides is 1. The summed E-state index contributed by atoms with van der Waals surface area (Å²) in [4.78, 5) is 14.3. The minimum absolute atomic E-state index is 0.127. The number of benzene rings is 3. The first-order chi connectivity index (χ1) is 15.6. The van der Waals surface area contributed by atoms with E-state index in [1.807, 2.05) is 34.9 Å². The highest BCUT2D eigenvalue weighted by Crippen LogP contribution is 2.28. The number of thioether (sulfide) groups is 1. The lowest BCUT2D eigenvalue weighted by atomic mass is 10.2. The van der Waals surface area contributed by atoms with Crippen LogP contribution in [-0.2, 0) is 4.79 Å². The average Bonchev–Trinajstić information content (AvgIpc) is 3.27. The molecule has 4 rings (SSSR count). The molecule has 1 amide bonds. The van der Waals surface area contributed by atoms with Crippen molar-refractivity contribution < 1.29 is 9.18 Å². The van der Waals surface area contributed by atoms with Gasteiger partial charge in [0.1, 0.15) is 5.82 Å². The SMILES string of the molecule is CN(C(=O)CSc1nnc(-c2ccc(F)cc2)n1-c1ccccc1)c1cccc(C#N)c1. The van der Waals surface area contributed by atoms with Crippen LogP contribution in [0.4, 0.5) is 10.1 Å². The minimum atomic E-state index is -0.330. The number of nitriles is 1. The maximum atomic E-state index is 13.4. The Bertz CT molecular complexity index is 1280. The molecule has 32 heavy (non-hydrogen) atoms. The van der Waals surface area contributed by atoms with E-state index in [0.29, 0.717) is 27.8 Å². The molecule has 0 aliphatic carbocycles. The summed E-state index contributed by atoms with van der Waals surface area (Å²) in [5.74, 6) is 0.210. The molecule has 3 aromatic carbocycles. The second kappa shape index (κ2) is 9.45. The number of hydrogen-bond acceptors (Lipinski definition) is 5. The van der Waals surface area contributed by atoms with Gasteiger partial charge < -0.3 is 4.90 Å². The number of carbonyl (C=O) groups is 1. The second-order valence-corrected chi connectivity index (χ2v) is 7.83. The Kier molecular flexibility index (Phi) is 6.29. The van der Waals surface area contributed by atoms with Gasteiger partial charge in [-0.25, -0.2) is 4.39 Å². The molecule has 6 nitrogen and oxygen atoms in total. The average molecular weight is 444 g/mol. The zero-order valence-electron chi connectivity index (χ0n) is 17.1. The van der Waals surface area contributed by atoms with Crippen molar-refractivity contribution in [1.82, 2.24) is 14.8 Å². The third-order valence-corrected chi connectivity index (χ3v) is 5.73. The smallest absolute Gasteiger partial charge is 0.237 e. The third-order valence-electron chi connectivity index (χ3n) is 4.81. The van der Waals surface area contributed by atoms with Crippen LogP contribution in [-0.4, -0.2) is 33.5 Å². The van der Waals surface area contributed by atoms with Gasteiger partial charge in [-0.3, -0.25) is 9.36 Å². The highest BCUT2D eigenvalue weighted by Gasteiger charge is 2.19. The quantitative estimate of drug-likeness (QED) is 0.404. The molecule has 0 spiro atoms. The molecule has 0 atom stereocenters. The molecule has 4 aromatic rings. The van der Waals surface area contributed by atoms with Gasteiger partial charge in [0, 0.05) is 24.0 Å². The number of halogens is 1. The summed E-state index contributed by atoms with van der Waals surface area (Å²) in [5.41, 5.74) is 2.68. The first-order valence-corrected chi connectivity index (χ1v) is 10.7. The van der Waals surface area contributed by atoms with Gasteiger partial charge >= 0.3 is 0 Å². The van der Waals surface area contributed by atoms with E-state index < -0.39 is 0 Å². The number of rotatable bonds is 6. The van der Waals surface area contributed by atoms with E-state index in [2.05, 4.69) is 16.3 Å². The molecule has 0 aliphatic heterocycles. The van der Waals surface area contributed by atoms with Gasteiger partial charge in [0.2, 0.25) is 5.91 Å². The monoisotopic (exact) mass is 443 g/mol. The van der Waals surface area contributed by atoms with E-state index in [9.17, 15) is 9.18 Å². The maximum Gasteiger partial charge on any atom is 0.237 e. The van der Waals surface area contributed by atoms with E-state index in [4.69, 9.17) is 5.26 Å². The summed E-state index contributed by atoms with van der Waals surface area (Å²) in [6, 6.07) is 24.6. The molecular formula is C24H18FN5OS. The number of anilines is 1. The van der Waals surface area contributed by atoms with Gasteiger partial charge in [-0.05, 0) is 54.6 Å². The van der Waals surface area contributed by atoms with Gasteiger partial charge in [-0.1, -0.05) is 36.0 Å². The summed E-state index contributed by atoms with van der Waals surface area (Å²) in [7, 11) is 1.67. The number of hydrogen-bond donors (Lipinski definition) is 0. The molecule has 0 unspecified atom stereocenters. The van der Waals surface area contributed by atoms with E-state index in [1.54, 1.807) is 43.4 Å². The lowest BCUT2D eigenvalue weighted by molar-refractivity contribution is -0.115. The molecule has 1 heterocycles. The van der Waals surface area contributed by atoms with E-state index in [1.165, 1.54) is 28.8 Å². The van der Waals surface area contributed by atoms with Crippen molar-refractivity contribution in [3.8, 4) is 23.1 Å². The van der Waals surface area contributed by atoms with Crippen molar-refractivity contribution in [1.29, 1.82) is 5.26 Å². The Morgan fingerprint density at radius 2 is 1.81 bits per heavy atom. The maximum absolute atomic E-state index is 13.4. The first kappa shape index (κ1) is 21.3. The van der Waals surface area contributed by atoms with Crippen LogP contribution in [0.5, 0.6) is 0 Å². The van der Waals surface area contributed by atoms with Gasteiger partial charge in [0.25, 0.3) is 0 Å². The fourth-order valence-electron chi connectivity index (χ4n) is 3.11. The first-order valence-electron chi connectivity index (χ1n) is 9.73. The van der Waals surface area contributed by atoms with Crippen LogP contribution in [0.25, 0.3) is 17.1 Å². The topological polar surface area (TPSA) is 74.8 Å². The zero-order chi connectivity index (χ0) is 22.5. The van der Waals surface area contributed by atoms with Crippen molar-refractivity contribution in [2.45, 2.75) is 5.16 Å². The molecule has 0 saturated heterocycles. The predicted molar refractivity (Wildman–Crippen MR) is 122 cm³/mol. The largest absolute Gasteiger partial charge is 0.315 e. The summed E-state index contributed by atoms with van der Waals surface area (Å²) >= 11 is 1.26. The van der Waals surface area contributed by atoms with E-state index >= 15 is 0 Å². The van der Waals surface area contributed by atoms with Crippen molar-refractivity contribution in [2.24, 2.45) is 0 Å². The van der Waals surface area contributed by atoms with E-state index in [-0.39, 0.29) is 17.5 Å². The lowest BCUT2D eigenvalue weighted by Gasteiger charge is -2.17. The Morgan fingerprint density at radius 1 is 1.06 bits per heavy atom. The molecule has 158 valence electrons. The van der Waals surface area contributed by atoms with Crippen LogP contribution < -0.4 is 4.90 Å². The minimum Gasteiger partial charge on any atom is -0.315 e. The number of para-hydroxylation sites is 1. The van der Waals surface area contributed by atoms with Gasteiger partial charge in [-0.15, -0.1) is 10.2 Å². The number of nitrogens with zero attached hydrogens (tertiary/aromatic N) is 5. The van der Waals surface area contributed by atoms with Crippen LogP contribution in [0, 0.1) is 17.1 Å². The zero-order valence-corrected chi connectivity index (χ0v) is 18.0. The number of carbonyl (C=O) groups excluding carboxylic acids is 1. The van der Waals surface area contributed by atoms with Gasteiger partial charge in [-0.2, -0.15) is 5.26 Å². The van der Waals surface area contributed by atoms with Crippen molar-refractivity contribution in [2.75, 3.05) is 17.7 Å². The molecule has 0 radical (unpaired) electrons. The highest BCUT2D eigenvalue weighted by atomic mass is 32.2. The highest BCUT2D eigenvalue weighted by molar-refractivity contribution is 7.99. The molecule has 8 heteroatoms. The Morgan fingerprint density at radius 3 is 2.53 bits per heavy atom. The van der Waals surface area contributed by atoms with Crippen molar-refractivity contribution >= 4 is 23.4 Å². The van der Waals surface area contributed by atoms with E-state index in [0.717, 1.165) is 5.69 Å². The van der Waals surface area contributed by atoms with Crippen LogP contribution in [0.2, 0.25) is 0 Å². The Labute approximate surface area is 188 Å². The molecule has 0 N–H and O–H groups in total.